The number of aromatic nitrogens is 3. The molecule has 0 spiro atoms. The van der Waals surface area contributed by atoms with Crippen LogP contribution >= 0.6 is 0 Å². The third kappa shape index (κ3) is 8.01. The van der Waals surface area contributed by atoms with E-state index < -0.39 is 11.7 Å². The summed E-state index contributed by atoms with van der Waals surface area (Å²) in [6, 6.07) is 15.4. The number of ether oxygens (including phenoxy) is 1. The van der Waals surface area contributed by atoms with Crippen molar-refractivity contribution in [2.45, 2.75) is 33.1 Å². The van der Waals surface area contributed by atoms with E-state index in [1.165, 1.54) is 5.56 Å². The van der Waals surface area contributed by atoms with Crippen LogP contribution in [0.4, 0.5) is 42.0 Å². The van der Waals surface area contributed by atoms with Crippen LogP contribution in [0.1, 0.15) is 29.2 Å². The number of pyridine rings is 1. The van der Waals surface area contributed by atoms with Gasteiger partial charge in [-0.3, -0.25) is 9.88 Å². The summed E-state index contributed by atoms with van der Waals surface area (Å²) in [5.74, 6) is 0.218. The molecule has 45 heavy (non-hydrogen) atoms. The Morgan fingerprint density at radius 1 is 1.02 bits per heavy atom. The molecule has 5 rings (SSSR count). The second kappa shape index (κ2) is 13.9. The van der Waals surface area contributed by atoms with E-state index in [1.807, 2.05) is 74.8 Å². The largest absolute Gasteiger partial charge is 0.494 e. The van der Waals surface area contributed by atoms with Crippen LogP contribution in [0.15, 0.2) is 79.4 Å². The van der Waals surface area contributed by atoms with Crippen LogP contribution in [0.2, 0.25) is 0 Å². The zero-order valence-electron chi connectivity index (χ0n) is 25.6. The minimum absolute atomic E-state index is 0.00991. The third-order valence-corrected chi connectivity index (χ3v) is 7.66. The first kappa shape index (κ1) is 31.6. The highest BCUT2D eigenvalue weighted by Crippen LogP contribution is 2.36. The van der Waals surface area contributed by atoms with Crippen LogP contribution in [-0.2, 0) is 19.3 Å². The van der Waals surface area contributed by atoms with Crippen molar-refractivity contribution in [2.24, 2.45) is 0 Å². The molecular formula is C33H37F3N8O. The summed E-state index contributed by atoms with van der Waals surface area (Å²) in [5, 5.41) is 9.09. The summed E-state index contributed by atoms with van der Waals surface area (Å²) in [4.78, 5) is 17.0. The van der Waals surface area contributed by atoms with Crippen LogP contribution in [0.25, 0.3) is 0 Å². The minimum atomic E-state index is -4.64. The SMILES string of the molecule is C=C(C)Nc1cccc(CNc2nc(Nc3ccc(N4CCN(Cc5ccncc5)CC4)cc3OC)ncc2C(F)(F)F)c1C. The van der Waals surface area contributed by atoms with Gasteiger partial charge in [-0.1, -0.05) is 18.7 Å². The van der Waals surface area contributed by atoms with Crippen molar-refractivity contribution in [2.75, 3.05) is 54.1 Å². The van der Waals surface area contributed by atoms with Crippen molar-refractivity contribution in [3.63, 3.8) is 0 Å². The molecule has 0 atom stereocenters. The molecule has 0 saturated carbocycles. The average Bonchev–Trinajstić information content (AvgIpc) is 3.02. The van der Waals surface area contributed by atoms with Gasteiger partial charge in [0.2, 0.25) is 5.95 Å². The number of halogens is 3. The Balaban J connectivity index is 1.29. The summed E-state index contributed by atoms with van der Waals surface area (Å²) in [5.41, 5.74) is 5.13. The maximum atomic E-state index is 13.9. The van der Waals surface area contributed by atoms with E-state index in [0.717, 1.165) is 67.1 Å². The molecule has 236 valence electrons. The van der Waals surface area contributed by atoms with Gasteiger partial charge in [0.25, 0.3) is 0 Å². The molecule has 1 fully saturated rings. The quantitative estimate of drug-likeness (QED) is 0.167. The van der Waals surface area contributed by atoms with Crippen molar-refractivity contribution in [1.82, 2.24) is 19.9 Å². The summed E-state index contributed by atoms with van der Waals surface area (Å²) in [6.07, 6.45) is -0.230. The highest BCUT2D eigenvalue weighted by atomic mass is 19.4. The molecule has 4 aromatic rings. The normalized spacial score (nSPS) is 13.8. The standard InChI is InChI=1S/C33H37F3N8O/c1-22(2)40-28-7-5-6-25(23(28)3)19-38-31-27(33(34,35)36)20-39-32(42-31)41-29-9-8-26(18-30(29)45-4)44-16-14-43(15-17-44)21-24-10-12-37-13-11-24/h5-13,18,20,40H,1,14-17,19,21H2,2-4H3,(H2,38,39,41,42). The number of nitrogens with zero attached hydrogens (tertiary/aromatic N) is 5. The first-order valence-electron chi connectivity index (χ1n) is 14.6. The number of hydrogen-bond donors (Lipinski definition) is 3. The van der Waals surface area contributed by atoms with E-state index in [9.17, 15) is 13.2 Å². The van der Waals surface area contributed by atoms with E-state index in [4.69, 9.17) is 4.74 Å². The Kier molecular flexibility index (Phi) is 9.72. The topological polar surface area (TPSA) is 90.5 Å². The number of benzene rings is 2. The van der Waals surface area contributed by atoms with Gasteiger partial charge < -0.3 is 25.6 Å². The second-order valence-corrected chi connectivity index (χ2v) is 10.9. The Bertz CT molecular complexity index is 1620. The number of anilines is 5. The van der Waals surface area contributed by atoms with Gasteiger partial charge >= 0.3 is 6.18 Å². The highest BCUT2D eigenvalue weighted by molar-refractivity contribution is 5.69. The Morgan fingerprint density at radius 2 is 1.78 bits per heavy atom. The number of nitrogens with one attached hydrogen (secondary N) is 3. The Hall–Kier alpha value is -4.84. The summed E-state index contributed by atoms with van der Waals surface area (Å²) < 4.78 is 47.4. The zero-order chi connectivity index (χ0) is 32.0. The molecule has 1 aliphatic rings. The molecular weight excluding hydrogens is 581 g/mol. The fourth-order valence-electron chi connectivity index (χ4n) is 5.21. The van der Waals surface area contributed by atoms with E-state index in [0.29, 0.717) is 11.4 Å². The van der Waals surface area contributed by atoms with Crippen LogP contribution in [0.3, 0.4) is 0 Å². The second-order valence-electron chi connectivity index (χ2n) is 10.9. The third-order valence-electron chi connectivity index (χ3n) is 7.66. The van der Waals surface area contributed by atoms with Crippen molar-refractivity contribution in [3.05, 3.63) is 102 Å². The van der Waals surface area contributed by atoms with Crippen molar-refractivity contribution in [3.8, 4) is 5.75 Å². The maximum Gasteiger partial charge on any atom is 0.421 e. The first-order chi connectivity index (χ1) is 21.6. The molecule has 2 aromatic carbocycles. The number of rotatable bonds is 11. The lowest BCUT2D eigenvalue weighted by Gasteiger charge is -2.36. The van der Waals surface area contributed by atoms with Gasteiger partial charge in [-0.15, -0.1) is 0 Å². The molecule has 3 heterocycles. The fraction of sp³-hybridized carbons (Fsp3) is 0.303. The average molecular weight is 619 g/mol. The Labute approximate surface area is 261 Å². The lowest BCUT2D eigenvalue weighted by atomic mass is 10.1. The van der Waals surface area contributed by atoms with Crippen molar-refractivity contribution >= 4 is 28.8 Å². The van der Waals surface area contributed by atoms with E-state index in [-0.39, 0.29) is 18.3 Å². The maximum absolute atomic E-state index is 13.9. The molecule has 0 bridgehead atoms. The van der Waals surface area contributed by atoms with Crippen LogP contribution in [-0.4, -0.2) is 53.1 Å². The number of methoxy groups -OCH3 is 1. The van der Waals surface area contributed by atoms with E-state index in [2.05, 4.69) is 47.3 Å². The molecule has 2 aromatic heterocycles. The van der Waals surface area contributed by atoms with Gasteiger partial charge in [-0.2, -0.15) is 18.2 Å². The molecule has 12 heteroatoms. The van der Waals surface area contributed by atoms with Gasteiger partial charge in [-0.25, -0.2) is 4.98 Å². The van der Waals surface area contributed by atoms with Gasteiger partial charge in [-0.05, 0) is 60.9 Å². The van der Waals surface area contributed by atoms with E-state index in [1.54, 1.807) is 7.11 Å². The number of allylic oxidation sites excluding steroid dienone is 1. The smallest absolute Gasteiger partial charge is 0.421 e. The van der Waals surface area contributed by atoms with Crippen LogP contribution in [0, 0.1) is 6.92 Å². The first-order valence-corrected chi connectivity index (χ1v) is 14.6. The molecule has 3 N–H and O–H groups in total. The lowest BCUT2D eigenvalue weighted by molar-refractivity contribution is -0.137. The summed E-state index contributed by atoms with van der Waals surface area (Å²) in [7, 11) is 1.55. The molecule has 1 aliphatic heterocycles. The number of alkyl halides is 3. The van der Waals surface area contributed by atoms with Gasteiger partial charge in [0, 0.05) is 81.0 Å². The van der Waals surface area contributed by atoms with Gasteiger partial charge in [0.15, 0.2) is 0 Å². The number of piperazine rings is 1. The van der Waals surface area contributed by atoms with Crippen molar-refractivity contribution in [1.29, 1.82) is 0 Å². The molecule has 0 unspecified atom stereocenters. The van der Waals surface area contributed by atoms with Crippen LogP contribution in [0.5, 0.6) is 5.75 Å². The molecule has 0 radical (unpaired) electrons. The predicted octanol–water partition coefficient (Wildman–Crippen LogP) is 6.83. The zero-order valence-corrected chi connectivity index (χ0v) is 25.6. The molecule has 1 saturated heterocycles. The molecule has 9 nitrogen and oxygen atoms in total. The summed E-state index contributed by atoms with van der Waals surface area (Å²) in [6.45, 7) is 12.1. The summed E-state index contributed by atoms with van der Waals surface area (Å²) >= 11 is 0. The van der Waals surface area contributed by atoms with E-state index >= 15 is 0 Å². The predicted molar refractivity (Wildman–Crippen MR) is 172 cm³/mol. The monoisotopic (exact) mass is 618 g/mol. The highest BCUT2D eigenvalue weighted by Gasteiger charge is 2.35. The van der Waals surface area contributed by atoms with Gasteiger partial charge in [0.1, 0.15) is 17.1 Å². The minimum Gasteiger partial charge on any atom is -0.494 e. The van der Waals surface area contributed by atoms with Crippen molar-refractivity contribution < 1.29 is 17.9 Å². The van der Waals surface area contributed by atoms with Crippen LogP contribution < -0.4 is 25.6 Å². The molecule has 0 aliphatic carbocycles. The lowest BCUT2D eigenvalue weighted by Crippen LogP contribution is -2.45. The number of hydrogen-bond acceptors (Lipinski definition) is 9. The van der Waals surface area contributed by atoms with Gasteiger partial charge in [0.05, 0.1) is 12.8 Å². The fourth-order valence-corrected chi connectivity index (χ4v) is 5.21. The molecule has 0 amide bonds. The Morgan fingerprint density at radius 3 is 2.47 bits per heavy atom.